The second kappa shape index (κ2) is 5.85. The number of nitrogens with zero attached hydrogens (tertiary/aromatic N) is 2. The highest BCUT2D eigenvalue weighted by molar-refractivity contribution is 5.32. The van der Waals surface area contributed by atoms with E-state index < -0.39 is 0 Å². The molecule has 0 unspecified atom stereocenters. The van der Waals surface area contributed by atoms with Crippen LogP contribution in [0.15, 0.2) is 76.6 Å². The lowest BCUT2D eigenvalue weighted by atomic mass is 10.2. The predicted molar refractivity (Wildman–Crippen MR) is 86.6 cm³/mol. The van der Waals surface area contributed by atoms with Crippen LogP contribution >= 0.6 is 0 Å². The van der Waals surface area contributed by atoms with Gasteiger partial charge in [0.25, 0.3) is 11.1 Å². The molecule has 1 aromatic carbocycles. The van der Waals surface area contributed by atoms with Crippen LogP contribution < -0.4 is 11.1 Å². The van der Waals surface area contributed by atoms with Gasteiger partial charge in [-0.05, 0) is 30.2 Å². The van der Waals surface area contributed by atoms with Gasteiger partial charge in [-0.2, -0.15) is 0 Å². The van der Waals surface area contributed by atoms with Gasteiger partial charge in [0, 0.05) is 30.2 Å². The molecule has 0 amide bonds. The molecule has 4 nitrogen and oxygen atoms in total. The summed E-state index contributed by atoms with van der Waals surface area (Å²) in [5.41, 5.74) is 2.59. The zero-order valence-corrected chi connectivity index (χ0v) is 12.3. The molecule has 22 heavy (non-hydrogen) atoms. The zero-order valence-electron chi connectivity index (χ0n) is 12.3. The normalized spacial score (nSPS) is 10.6. The Morgan fingerprint density at radius 2 is 1.55 bits per heavy atom. The largest absolute Gasteiger partial charge is 0.311 e. The summed E-state index contributed by atoms with van der Waals surface area (Å²) in [4.78, 5) is 23.9. The fourth-order valence-corrected chi connectivity index (χ4v) is 2.39. The molecule has 0 aliphatic carbocycles. The lowest BCUT2D eigenvalue weighted by Crippen LogP contribution is -2.22. The van der Waals surface area contributed by atoms with Crippen molar-refractivity contribution in [2.45, 2.75) is 13.5 Å². The lowest BCUT2D eigenvalue weighted by molar-refractivity contribution is 0.745. The fourth-order valence-electron chi connectivity index (χ4n) is 2.39. The topological polar surface area (TPSA) is 44.0 Å². The molecule has 4 heteroatoms. The third kappa shape index (κ3) is 2.91. The van der Waals surface area contributed by atoms with Gasteiger partial charge >= 0.3 is 0 Å². The van der Waals surface area contributed by atoms with Crippen molar-refractivity contribution in [2.24, 2.45) is 0 Å². The van der Waals surface area contributed by atoms with Gasteiger partial charge in [0.1, 0.15) is 0 Å². The van der Waals surface area contributed by atoms with Crippen molar-refractivity contribution in [1.29, 1.82) is 0 Å². The van der Waals surface area contributed by atoms with E-state index in [1.807, 2.05) is 43.5 Å². The second-order valence-electron chi connectivity index (χ2n) is 5.25. The number of hydrogen-bond donors (Lipinski definition) is 0. The Bertz CT molecular complexity index is 908. The number of aromatic nitrogens is 2. The Hall–Kier alpha value is -2.88. The smallest absolute Gasteiger partial charge is 0.255 e. The third-order valence-corrected chi connectivity index (χ3v) is 3.49. The van der Waals surface area contributed by atoms with Crippen molar-refractivity contribution in [2.75, 3.05) is 0 Å². The van der Waals surface area contributed by atoms with E-state index in [9.17, 15) is 9.59 Å². The van der Waals surface area contributed by atoms with E-state index in [2.05, 4.69) is 0 Å². The lowest BCUT2D eigenvalue weighted by Gasteiger charge is -2.10. The van der Waals surface area contributed by atoms with Crippen molar-refractivity contribution < 1.29 is 0 Å². The van der Waals surface area contributed by atoms with Crippen LogP contribution in [0.5, 0.6) is 0 Å². The van der Waals surface area contributed by atoms with Crippen LogP contribution in [0, 0.1) is 6.92 Å². The first kappa shape index (κ1) is 14.1. The highest BCUT2D eigenvalue weighted by Crippen LogP contribution is 2.07. The first-order valence-electron chi connectivity index (χ1n) is 7.07. The Labute approximate surface area is 127 Å². The van der Waals surface area contributed by atoms with Gasteiger partial charge in [-0.25, -0.2) is 0 Å². The van der Waals surface area contributed by atoms with Gasteiger partial charge in [0.15, 0.2) is 0 Å². The molecular formula is C18H16N2O2. The maximum atomic E-state index is 12.0. The fraction of sp³-hybridized carbons (Fsp3) is 0.111. The maximum Gasteiger partial charge on any atom is 0.255 e. The number of pyridine rings is 2. The monoisotopic (exact) mass is 292 g/mol. The average Bonchev–Trinajstić information content (AvgIpc) is 2.53. The van der Waals surface area contributed by atoms with Gasteiger partial charge in [0.05, 0.1) is 6.54 Å². The van der Waals surface area contributed by atoms with E-state index in [4.69, 9.17) is 0 Å². The number of hydrogen-bond acceptors (Lipinski definition) is 2. The van der Waals surface area contributed by atoms with Crippen LogP contribution in [-0.2, 0) is 6.54 Å². The summed E-state index contributed by atoms with van der Waals surface area (Å²) in [6.45, 7) is 2.38. The maximum absolute atomic E-state index is 12.0. The van der Waals surface area contributed by atoms with E-state index in [1.54, 1.807) is 33.5 Å². The summed E-state index contributed by atoms with van der Waals surface area (Å²) < 4.78 is 3.24. The molecule has 0 aliphatic rings. The summed E-state index contributed by atoms with van der Waals surface area (Å²) in [6, 6.07) is 16.1. The SMILES string of the molecule is Cc1ccc(=O)n(Cc2ccc(=O)n(-c3ccccc3)c2)c1. The van der Waals surface area contributed by atoms with Crippen molar-refractivity contribution in [3.05, 3.63) is 98.8 Å². The van der Waals surface area contributed by atoms with Crippen LogP contribution in [0.2, 0.25) is 0 Å². The molecule has 0 N–H and O–H groups in total. The first-order chi connectivity index (χ1) is 10.6. The number of para-hydroxylation sites is 1. The van der Waals surface area contributed by atoms with E-state index in [-0.39, 0.29) is 11.1 Å². The molecule has 110 valence electrons. The Balaban J connectivity index is 2.01. The molecule has 0 atom stereocenters. The van der Waals surface area contributed by atoms with Gasteiger partial charge in [-0.1, -0.05) is 30.3 Å². The molecular weight excluding hydrogens is 276 g/mol. The van der Waals surface area contributed by atoms with Crippen molar-refractivity contribution >= 4 is 0 Å². The minimum absolute atomic E-state index is 0.0527. The van der Waals surface area contributed by atoms with Crippen LogP contribution in [0.4, 0.5) is 0 Å². The third-order valence-electron chi connectivity index (χ3n) is 3.49. The highest BCUT2D eigenvalue weighted by atomic mass is 16.1. The molecule has 0 fully saturated rings. The number of rotatable bonds is 3. The Morgan fingerprint density at radius 3 is 2.32 bits per heavy atom. The summed E-state index contributed by atoms with van der Waals surface area (Å²) in [5, 5.41) is 0. The van der Waals surface area contributed by atoms with E-state index in [1.165, 1.54) is 6.07 Å². The van der Waals surface area contributed by atoms with Crippen LogP contribution in [0.25, 0.3) is 5.69 Å². The summed E-state index contributed by atoms with van der Waals surface area (Å²) in [5.74, 6) is 0. The number of aryl methyl sites for hydroxylation is 1. The van der Waals surface area contributed by atoms with Crippen LogP contribution in [0.1, 0.15) is 11.1 Å². The van der Waals surface area contributed by atoms with E-state index >= 15 is 0 Å². The van der Waals surface area contributed by atoms with Gasteiger partial charge in [-0.15, -0.1) is 0 Å². The van der Waals surface area contributed by atoms with Gasteiger partial charge in [0.2, 0.25) is 0 Å². The van der Waals surface area contributed by atoms with Crippen LogP contribution in [0.3, 0.4) is 0 Å². The molecule has 0 bridgehead atoms. The van der Waals surface area contributed by atoms with Crippen molar-refractivity contribution in [1.82, 2.24) is 9.13 Å². The predicted octanol–water partition coefficient (Wildman–Crippen LogP) is 2.36. The minimum Gasteiger partial charge on any atom is -0.311 e. The molecule has 0 radical (unpaired) electrons. The van der Waals surface area contributed by atoms with Crippen molar-refractivity contribution in [3.63, 3.8) is 0 Å². The second-order valence-corrected chi connectivity index (χ2v) is 5.25. The van der Waals surface area contributed by atoms with Gasteiger partial charge in [-0.3, -0.25) is 14.2 Å². The summed E-state index contributed by atoms with van der Waals surface area (Å²) >= 11 is 0. The molecule has 3 aromatic rings. The Kier molecular flexibility index (Phi) is 3.74. The first-order valence-corrected chi connectivity index (χ1v) is 7.07. The minimum atomic E-state index is -0.0912. The highest BCUT2D eigenvalue weighted by Gasteiger charge is 2.03. The molecule has 0 saturated heterocycles. The van der Waals surface area contributed by atoms with E-state index in [0.29, 0.717) is 6.54 Å². The molecule has 0 aliphatic heterocycles. The molecule has 3 rings (SSSR count). The average molecular weight is 292 g/mol. The van der Waals surface area contributed by atoms with Gasteiger partial charge < -0.3 is 4.57 Å². The van der Waals surface area contributed by atoms with Crippen molar-refractivity contribution in [3.8, 4) is 5.69 Å². The molecule has 0 spiro atoms. The van der Waals surface area contributed by atoms with E-state index in [0.717, 1.165) is 16.8 Å². The quantitative estimate of drug-likeness (QED) is 0.744. The molecule has 2 heterocycles. The Morgan fingerprint density at radius 1 is 0.818 bits per heavy atom. The zero-order chi connectivity index (χ0) is 15.5. The molecule has 0 saturated carbocycles. The summed E-state index contributed by atoms with van der Waals surface area (Å²) in [7, 11) is 0. The standard InChI is InChI=1S/C18H16N2O2/c1-14-7-9-17(21)19(11-14)12-15-8-10-18(22)20(13-15)16-5-3-2-4-6-16/h2-11,13H,12H2,1H3. The number of benzene rings is 1. The summed E-state index contributed by atoms with van der Waals surface area (Å²) in [6.07, 6.45) is 3.60. The van der Waals surface area contributed by atoms with Crippen LogP contribution in [-0.4, -0.2) is 9.13 Å². The molecule has 2 aromatic heterocycles.